The van der Waals surface area contributed by atoms with Gasteiger partial charge in [-0.05, 0) is 51.6 Å². The van der Waals surface area contributed by atoms with Crippen LogP contribution >= 0.6 is 0 Å². The van der Waals surface area contributed by atoms with Gasteiger partial charge in [-0.2, -0.15) is 4.98 Å². The highest BCUT2D eigenvalue weighted by Crippen LogP contribution is 2.31. The molecule has 2 aromatic rings. The molecule has 0 aromatic carbocycles. The Balaban J connectivity index is 1.33. The molecule has 134 valence electrons. The Bertz CT molecular complexity index is 735. The molecule has 0 radical (unpaired) electrons. The lowest BCUT2D eigenvalue weighted by atomic mass is 10.2. The van der Waals surface area contributed by atoms with Crippen molar-refractivity contribution < 1.29 is 9.32 Å². The average molecular weight is 344 g/mol. The number of carbonyl (C=O) groups excluding carboxylic acids is 1. The lowest BCUT2D eigenvalue weighted by molar-refractivity contribution is 0.0937. The van der Waals surface area contributed by atoms with Crippen LogP contribution in [0.2, 0.25) is 0 Å². The number of hydrogen-bond donors (Lipinski definition) is 1. The summed E-state index contributed by atoms with van der Waals surface area (Å²) in [4.78, 5) is 22.9. The van der Waals surface area contributed by atoms with Gasteiger partial charge in [-0.25, -0.2) is 4.98 Å². The molecule has 1 N–H and O–H groups in total. The highest BCUT2D eigenvalue weighted by molar-refractivity contribution is 5.90. The van der Waals surface area contributed by atoms with E-state index in [1.165, 1.54) is 5.69 Å². The minimum atomic E-state index is -0.224. The van der Waals surface area contributed by atoms with Crippen LogP contribution in [0.15, 0.2) is 17.0 Å². The highest BCUT2D eigenvalue weighted by Gasteiger charge is 2.32. The van der Waals surface area contributed by atoms with Gasteiger partial charge in [-0.1, -0.05) is 5.16 Å². The zero-order chi connectivity index (χ0) is 17.2. The zero-order valence-electron chi connectivity index (χ0n) is 14.5. The molecule has 1 saturated carbocycles. The molecule has 0 bridgehead atoms. The molecular formula is C17H24N6O2. The Labute approximate surface area is 146 Å². The van der Waals surface area contributed by atoms with Gasteiger partial charge in [0.05, 0.1) is 12.4 Å². The van der Waals surface area contributed by atoms with Crippen molar-refractivity contribution in [3.05, 3.63) is 29.9 Å². The summed E-state index contributed by atoms with van der Waals surface area (Å²) < 4.78 is 7.46. The predicted octanol–water partition coefficient (Wildman–Crippen LogP) is 1.46. The van der Waals surface area contributed by atoms with E-state index in [-0.39, 0.29) is 17.8 Å². The Hall–Kier alpha value is -2.22. The average Bonchev–Trinajstić information content (AvgIpc) is 3.02. The maximum absolute atomic E-state index is 12.0. The van der Waals surface area contributed by atoms with Gasteiger partial charge in [0.1, 0.15) is 0 Å². The normalized spacial score (nSPS) is 20.9. The fourth-order valence-corrected chi connectivity index (χ4v) is 3.40. The maximum Gasteiger partial charge on any atom is 0.292 e. The van der Waals surface area contributed by atoms with E-state index in [0.29, 0.717) is 11.9 Å². The van der Waals surface area contributed by atoms with E-state index < -0.39 is 0 Å². The summed E-state index contributed by atoms with van der Waals surface area (Å²) in [5, 5.41) is 6.77. The van der Waals surface area contributed by atoms with Gasteiger partial charge in [0.25, 0.3) is 11.7 Å². The van der Waals surface area contributed by atoms with Gasteiger partial charge in [0, 0.05) is 25.0 Å². The second-order valence-electron chi connectivity index (χ2n) is 7.00. The number of rotatable bonds is 7. The molecule has 1 aliphatic heterocycles. The summed E-state index contributed by atoms with van der Waals surface area (Å²) in [5.41, 5.74) is 1.24. The Kier molecular flexibility index (Phi) is 4.52. The van der Waals surface area contributed by atoms with Gasteiger partial charge in [-0.15, -0.1) is 0 Å². The number of amides is 1. The van der Waals surface area contributed by atoms with Crippen molar-refractivity contribution in [3.63, 3.8) is 0 Å². The van der Waals surface area contributed by atoms with Crippen LogP contribution in [-0.4, -0.2) is 49.6 Å². The molecule has 2 fully saturated rings. The van der Waals surface area contributed by atoms with Crippen LogP contribution in [0.25, 0.3) is 0 Å². The fourth-order valence-electron chi connectivity index (χ4n) is 3.40. The van der Waals surface area contributed by atoms with Crippen LogP contribution in [0.1, 0.15) is 60.3 Å². The molecule has 1 amide bonds. The molecule has 1 saturated heterocycles. The number of nitrogens with one attached hydrogen (secondary N) is 1. The lowest BCUT2D eigenvalue weighted by Crippen LogP contribution is -2.27. The number of hydrogen-bond acceptors (Lipinski definition) is 6. The number of imidazole rings is 1. The van der Waals surface area contributed by atoms with Gasteiger partial charge < -0.3 is 14.4 Å². The van der Waals surface area contributed by atoms with Crippen molar-refractivity contribution in [2.24, 2.45) is 7.05 Å². The maximum atomic E-state index is 12.0. The minimum absolute atomic E-state index is 0.126. The van der Waals surface area contributed by atoms with Crippen LogP contribution in [-0.2, 0) is 13.5 Å². The van der Waals surface area contributed by atoms with Crippen molar-refractivity contribution in [1.29, 1.82) is 0 Å². The quantitative estimate of drug-likeness (QED) is 0.818. The highest BCUT2D eigenvalue weighted by atomic mass is 16.5. The SMILES string of the molecule is Cn1cncc1CCCN1CCCC1c1nc(C(=O)NC2CC2)no1. The molecule has 2 aliphatic rings. The summed E-state index contributed by atoms with van der Waals surface area (Å²) in [6, 6.07) is 0.422. The molecule has 3 heterocycles. The predicted molar refractivity (Wildman–Crippen MR) is 89.9 cm³/mol. The second-order valence-corrected chi connectivity index (χ2v) is 7.00. The van der Waals surface area contributed by atoms with E-state index in [1.54, 1.807) is 0 Å². The summed E-state index contributed by atoms with van der Waals surface area (Å²) in [6.07, 6.45) is 10.0. The first-order chi connectivity index (χ1) is 12.2. The van der Waals surface area contributed by atoms with Gasteiger partial charge in [0.2, 0.25) is 5.89 Å². The Morgan fingerprint density at radius 1 is 1.40 bits per heavy atom. The van der Waals surface area contributed by atoms with E-state index in [2.05, 4.69) is 29.9 Å². The van der Waals surface area contributed by atoms with Gasteiger partial charge in [-0.3, -0.25) is 9.69 Å². The summed E-state index contributed by atoms with van der Waals surface area (Å²) >= 11 is 0. The molecule has 0 spiro atoms. The lowest BCUT2D eigenvalue weighted by Gasteiger charge is -2.21. The third-order valence-corrected chi connectivity index (χ3v) is 5.00. The summed E-state index contributed by atoms with van der Waals surface area (Å²) in [7, 11) is 2.02. The first-order valence-corrected chi connectivity index (χ1v) is 9.04. The van der Waals surface area contributed by atoms with E-state index in [9.17, 15) is 4.79 Å². The van der Waals surface area contributed by atoms with Gasteiger partial charge >= 0.3 is 0 Å². The number of nitrogens with zero attached hydrogens (tertiary/aromatic N) is 5. The fraction of sp³-hybridized carbons (Fsp3) is 0.647. The number of aryl methyl sites for hydroxylation is 2. The summed E-state index contributed by atoms with van der Waals surface area (Å²) in [6.45, 7) is 2.00. The van der Waals surface area contributed by atoms with E-state index >= 15 is 0 Å². The largest absolute Gasteiger partial charge is 0.346 e. The second kappa shape index (κ2) is 6.95. The van der Waals surface area contributed by atoms with Crippen molar-refractivity contribution in [1.82, 2.24) is 29.9 Å². The topological polar surface area (TPSA) is 89.1 Å². The molecular weight excluding hydrogens is 320 g/mol. The zero-order valence-corrected chi connectivity index (χ0v) is 14.5. The third kappa shape index (κ3) is 3.73. The molecule has 1 unspecified atom stereocenters. The Morgan fingerprint density at radius 2 is 2.28 bits per heavy atom. The van der Waals surface area contributed by atoms with Crippen LogP contribution in [0.5, 0.6) is 0 Å². The molecule has 8 nitrogen and oxygen atoms in total. The van der Waals surface area contributed by atoms with Crippen molar-refractivity contribution in [2.75, 3.05) is 13.1 Å². The van der Waals surface area contributed by atoms with Crippen molar-refractivity contribution in [3.8, 4) is 0 Å². The van der Waals surface area contributed by atoms with Crippen LogP contribution < -0.4 is 5.32 Å². The number of aromatic nitrogens is 4. The third-order valence-electron chi connectivity index (χ3n) is 5.00. The van der Waals surface area contributed by atoms with E-state index in [1.807, 2.05) is 19.6 Å². The molecule has 1 aliphatic carbocycles. The smallest absolute Gasteiger partial charge is 0.292 e. The monoisotopic (exact) mass is 344 g/mol. The molecule has 4 rings (SSSR count). The van der Waals surface area contributed by atoms with E-state index in [4.69, 9.17) is 4.52 Å². The number of likely N-dealkylation sites (tertiary alicyclic amines) is 1. The molecule has 1 atom stereocenters. The van der Waals surface area contributed by atoms with Gasteiger partial charge in [0.15, 0.2) is 0 Å². The van der Waals surface area contributed by atoms with Crippen LogP contribution in [0, 0.1) is 0 Å². The standard InChI is InChI=1S/C17H24N6O2/c1-22-11-18-10-13(22)4-2-8-23-9-3-5-14(23)17-20-15(21-25-17)16(24)19-12-6-7-12/h10-12,14H,2-9H2,1H3,(H,19,24). The van der Waals surface area contributed by atoms with Crippen LogP contribution in [0.3, 0.4) is 0 Å². The van der Waals surface area contributed by atoms with Crippen LogP contribution in [0.4, 0.5) is 0 Å². The Morgan fingerprint density at radius 3 is 3.04 bits per heavy atom. The van der Waals surface area contributed by atoms with Crippen molar-refractivity contribution in [2.45, 2.75) is 50.6 Å². The van der Waals surface area contributed by atoms with E-state index in [0.717, 1.165) is 51.6 Å². The molecule has 2 aromatic heterocycles. The summed E-state index contributed by atoms with van der Waals surface area (Å²) in [5.74, 6) is 0.501. The van der Waals surface area contributed by atoms with Crippen molar-refractivity contribution >= 4 is 5.91 Å². The minimum Gasteiger partial charge on any atom is -0.346 e. The number of carbonyl (C=O) groups is 1. The molecule has 25 heavy (non-hydrogen) atoms. The first-order valence-electron chi connectivity index (χ1n) is 9.04. The first kappa shape index (κ1) is 16.3. The molecule has 8 heteroatoms.